The summed E-state index contributed by atoms with van der Waals surface area (Å²) in [5, 5.41) is 3.42. The average molecular weight is 451 g/mol. The van der Waals surface area contributed by atoms with Crippen LogP contribution in [-0.4, -0.2) is 24.1 Å². The van der Waals surface area contributed by atoms with Crippen molar-refractivity contribution in [3.8, 4) is 17.2 Å². The topological polar surface area (TPSA) is 69.7 Å². The first kappa shape index (κ1) is 21.7. The van der Waals surface area contributed by atoms with Gasteiger partial charge in [0.15, 0.2) is 11.5 Å². The number of ether oxygens (including phenoxy) is 3. The molecule has 1 atom stereocenters. The molecule has 1 aliphatic rings. The molecule has 0 radical (unpaired) electrons. The number of halogens is 1. The summed E-state index contributed by atoms with van der Waals surface area (Å²) < 4.78 is 16.9. The Hall–Kier alpha value is -3.51. The first-order valence-electron chi connectivity index (χ1n) is 10.3. The first-order chi connectivity index (χ1) is 15.6. The predicted molar refractivity (Wildman–Crippen MR) is 123 cm³/mol. The number of fused-ring (bicyclic) bond motifs is 1. The summed E-state index contributed by atoms with van der Waals surface area (Å²) in [6, 6.07) is 14.9. The molecule has 1 amide bonds. The minimum Gasteiger partial charge on any atom is -0.489 e. The van der Waals surface area contributed by atoms with Crippen molar-refractivity contribution in [2.45, 2.75) is 19.6 Å². The number of hydrogen-bond acceptors (Lipinski definition) is 5. The summed E-state index contributed by atoms with van der Waals surface area (Å²) in [5.74, 6) is 1.68. The van der Waals surface area contributed by atoms with E-state index >= 15 is 0 Å². The highest BCUT2D eigenvalue weighted by molar-refractivity contribution is 6.32. The fourth-order valence-electron chi connectivity index (χ4n) is 3.25. The van der Waals surface area contributed by atoms with Gasteiger partial charge in [-0.05, 0) is 54.5 Å². The zero-order valence-electron chi connectivity index (χ0n) is 17.6. The van der Waals surface area contributed by atoms with Crippen LogP contribution in [0.4, 0.5) is 0 Å². The van der Waals surface area contributed by atoms with Crippen LogP contribution >= 0.6 is 11.6 Å². The normalized spacial score (nSPS) is 13.6. The Morgan fingerprint density at radius 1 is 1.22 bits per heavy atom. The highest BCUT2D eigenvalue weighted by atomic mass is 35.5. The molecule has 1 aromatic heterocycles. The van der Waals surface area contributed by atoms with Gasteiger partial charge in [0.05, 0.1) is 11.1 Å². The quantitative estimate of drug-likeness (QED) is 0.514. The lowest BCUT2D eigenvalue weighted by Gasteiger charge is -2.19. The number of benzene rings is 2. The summed E-state index contributed by atoms with van der Waals surface area (Å²) in [7, 11) is 0. The van der Waals surface area contributed by atoms with Crippen LogP contribution in [0.3, 0.4) is 0 Å². The molecule has 1 N–H and O–H groups in total. The Kier molecular flexibility index (Phi) is 6.92. The summed E-state index contributed by atoms with van der Waals surface area (Å²) in [6.45, 7) is 3.33. The first-order valence-corrected chi connectivity index (χ1v) is 10.7. The summed E-state index contributed by atoms with van der Waals surface area (Å²) in [6.07, 6.45) is 6.68. The van der Waals surface area contributed by atoms with Crippen molar-refractivity contribution in [1.82, 2.24) is 10.3 Å². The lowest BCUT2D eigenvalue weighted by molar-refractivity contribution is -0.117. The van der Waals surface area contributed by atoms with E-state index in [1.165, 1.54) is 6.08 Å². The fourth-order valence-corrected chi connectivity index (χ4v) is 3.52. The molecule has 4 rings (SSSR count). The number of carbonyl (C=O) groups excluding carboxylic acids is 1. The largest absolute Gasteiger partial charge is 0.489 e. The van der Waals surface area contributed by atoms with Crippen molar-refractivity contribution in [3.63, 3.8) is 0 Å². The highest BCUT2D eigenvalue weighted by Gasteiger charge is 2.16. The average Bonchev–Trinajstić information content (AvgIpc) is 2.82. The maximum atomic E-state index is 12.4. The summed E-state index contributed by atoms with van der Waals surface area (Å²) in [5.41, 5.74) is 2.74. The minimum absolute atomic E-state index is 0.164. The predicted octanol–water partition coefficient (Wildman–Crippen LogP) is 4.98. The van der Waals surface area contributed by atoms with E-state index in [1.807, 2.05) is 43.3 Å². The van der Waals surface area contributed by atoms with E-state index in [1.54, 1.807) is 30.6 Å². The monoisotopic (exact) mass is 450 g/mol. The molecule has 3 aromatic rings. The van der Waals surface area contributed by atoms with Gasteiger partial charge in [-0.2, -0.15) is 0 Å². The van der Waals surface area contributed by atoms with Gasteiger partial charge >= 0.3 is 0 Å². The molecule has 0 saturated heterocycles. The number of nitrogens with one attached hydrogen (secondary N) is 1. The molecule has 1 unspecified atom stereocenters. The van der Waals surface area contributed by atoms with E-state index in [4.69, 9.17) is 25.8 Å². The van der Waals surface area contributed by atoms with Crippen molar-refractivity contribution >= 4 is 23.6 Å². The van der Waals surface area contributed by atoms with Gasteiger partial charge in [0.25, 0.3) is 0 Å². The van der Waals surface area contributed by atoms with E-state index in [0.29, 0.717) is 36.3 Å². The summed E-state index contributed by atoms with van der Waals surface area (Å²) >= 11 is 6.24. The van der Waals surface area contributed by atoms with E-state index in [2.05, 4.69) is 10.3 Å². The Morgan fingerprint density at radius 2 is 2.03 bits per heavy atom. The highest BCUT2D eigenvalue weighted by Crippen LogP contribution is 2.38. The van der Waals surface area contributed by atoms with Gasteiger partial charge in [-0.25, -0.2) is 0 Å². The number of rotatable bonds is 7. The second-order valence-electron chi connectivity index (χ2n) is 7.31. The third kappa shape index (κ3) is 5.59. The molecule has 0 bridgehead atoms. The van der Waals surface area contributed by atoms with Crippen LogP contribution < -0.4 is 19.5 Å². The number of carbonyl (C=O) groups is 1. The molecular formula is C25H23ClN2O4. The summed E-state index contributed by atoms with van der Waals surface area (Å²) in [4.78, 5) is 16.5. The van der Waals surface area contributed by atoms with Crippen molar-refractivity contribution in [2.24, 2.45) is 0 Å². The van der Waals surface area contributed by atoms with E-state index in [0.717, 1.165) is 22.4 Å². The van der Waals surface area contributed by atoms with E-state index in [9.17, 15) is 4.79 Å². The Labute approximate surface area is 191 Å². The van der Waals surface area contributed by atoms with Crippen LogP contribution in [-0.2, 0) is 11.4 Å². The lowest BCUT2D eigenvalue weighted by Crippen LogP contribution is -2.24. The Morgan fingerprint density at radius 3 is 2.81 bits per heavy atom. The molecule has 0 aliphatic carbocycles. The molecule has 1 aliphatic heterocycles. The number of pyridine rings is 1. The van der Waals surface area contributed by atoms with Crippen molar-refractivity contribution in [3.05, 3.63) is 88.7 Å². The van der Waals surface area contributed by atoms with E-state index in [-0.39, 0.29) is 11.9 Å². The van der Waals surface area contributed by atoms with Crippen LogP contribution in [0.15, 0.2) is 67.0 Å². The van der Waals surface area contributed by atoms with Crippen LogP contribution in [0.25, 0.3) is 6.08 Å². The number of amides is 1. The van der Waals surface area contributed by atoms with Crippen LogP contribution in [0.2, 0.25) is 5.02 Å². The third-order valence-electron chi connectivity index (χ3n) is 4.91. The SMILES string of the molecule is CC(NC(=O)C=Cc1cc(Cl)c2c(c1)OCCO2)c1ccc(OCc2cccnc2)cc1. The van der Waals surface area contributed by atoms with Crippen molar-refractivity contribution < 1.29 is 19.0 Å². The van der Waals surface area contributed by atoms with Crippen LogP contribution in [0, 0.1) is 0 Å². The Bertz CT molecular complexity index is 1100. The van der Waals surface area contributed by atoms with Crippen LogP contribution in [0.1, 0.15) is 29.7 Å². The number of nitrogens with zero attached hydrogens (tertiary/aromatic N) is 1. The maximum Gasteiger partial charge on any atom is 0.244 e. The Balaban J connectivity index is 1.32. The molecular weight excluding hydrogens is 428 g/mol. The van der Waals surface area contributed by atoms with Crippen LogP contribution in [0.5, 0.6) is 17.2 Å². The van der Waals surface area contributed by atoms with Gasteiger partial charge in [-0.15, -0.1) is 0 Å². The van der Waals surface area contributed by atoms with Gasteiger partial charge < -0.3 is 19.5 Å². The number of aromatic nitrogens is 1. The van der Waals surface area contributed by atoms with Gasteiger partial charge in [-0.3, -0.25) is 9.78 Å². The number of hydrogen-bond donors (Lipinski definition) is 1. The smallest absolute Gasteiger partial charge is 0.244 e. The zero-order valence-corrected chi connectivity index (χ0v) is 18.3. The standard InChI is InChI=1S/C25H23ClN2O4/c1-17(20-5-7-21(8-6-20)32-16-19-3-2-10-27-15-19)28-24(29)9-4-18-13-22(26)25-23(14-18)30-11-12-31-25/h2-10,13-15,17H,11-12,16H2,1H3,(H,28,29). The molecule has 7 heteroatoms. The molecule has 2 aromatic carbocycles. The molecule has 0 fully saturated rings. The third-order valence-corrected chi connectivity index (χ3v) is 5.19. The maximum absolute atomic E-state index is 12.4. The molecule has 2 heterocycles. The zero-order chi connectivity index (χ0) is 22.3. The van der Waals surface area contributed by atoms with Crippen molar-refractivity contribution in [1.29, 1.82) is 0 Å². The minimum atomic E-state index is -0.208. The molecule has 164 valence electrons. The molecule has 6 nitrogen and oxygen atoms in total. The second-order valence-corrected chi connectivity index (χ2v) is 7.72. The lowest BCUT2D eigenvalue weighted by atomic mass is 10.1. The molecule has 0 spiro atoms. The van der Waals surface area contributed by atoms with E-state index < -0.39 is 0 Å². The second kappa shape index (κ2) is 10.2. The van der Waals surface area contributed by atoms with Crippen molar-refractivity contribution in [2.75, 3.05) is 13.2 Å². The van der Waals surface area contributed by atoms with Gasteiger partial charge in [0.1, 0.15) is 25.6 Å². The van der Waals surface area contributed by atoms with Gasteiger partial charge in [-0.1, -0.05) is 29.8 Å². The van der Waals surface area contributed by atoms with Gasteiger partial charge in [0.2, 0.25) is 5.91 Å². The fraction of sp³-hybridized carbons (Fsp3) is 0.200. The molecule has 0 saturated carbocycles. The molecule has 32 heavy (non-hydrogen) atoms. The van der Waals surface area contributed by atoms with Gasteiger partial charge in [0, 0.05) is 24.0 Å².